The predicted octanol–water partition coefficient (Wildman–Crippen LogP) is 2.47. The third-order valence-corrected chi connectivity index (χ3v) is 3.64. The lowest BCUT2D eigenvalue weighted by Gasteiger charge is -2.50. The first kappa shape index (κ1) is 12.9. The van der Waals surface area contributed by atoms with Gasteiger partial charge in [-0.25, -0.2) is 4.79 Å². The molecular weight excluding hydrogens is 230 g/mol. The van der Waals surface area contributed by atoms with Crippen LogP contribution in [0.5, 0.6) is 0 Å². The Morgan fingerprint density at radius 3 is 2.56 bits per heavy atom. The molecule has 0 radical (unpaired) electrons. The first-order valence-electron chi connectivity index (χ1n) is 6.12. The Hall–Kier alpha value is -1.55. The van der Waals surface area contributed by atoms with Gasteiger partial charge in [0.05, 0.1) is 12.7 Å². The maximum Gasteiger partial charge on any atom is 0.404 e. The van der Waals surface area contributed by atoms with Crippen molar-refractivity contribution in [1.82, 2.24) is 0 Å². The van der Waals surface area contributed by atoms with E-state index in [0.717, 1.165) is 5.56 Å². The number of hydrogen-bond donors (Lipinski definition) is 1. The van der Waals surface area contributed by atoms with Crippen LogP contribution in [-0.2, 0) is 16.1 Å². The first-order chi connectivity index (χ1) is 8.50. The Morgan fingerprint density at radius 1 is 1.33 bits per heavy atom. The highest BCUT2D eigenvalue weighted by molar-refractivity contribution is 5.65. The molecule has 2 N–H and O–H groups in total. The summed E-state index contributed by atoms with van der Waals surface area (Å²) in [5.74, 6) is 0. The van der Waals surface area contributed by atoms with Crippen LogP contribution in [-0.4, -0.2) is 18.3 Å². The van der Waals surface area contributed by atoms with Crippen molar-refractivity contribution in [2.75, 3.05) is 0 Å². The van der Waals surface area contributed by atoms with Crippen molar-refractivity contribution in [2.24, 2.45) is 11.1 Å². The Morgan fingerprint density at radius 2 is 2.00 bits per heavy atom. The van der Waals surface area contributed by atoms with E-state index in [1.807, 2.05) is 44.2 Å². The number of carbonyl (C=O) groups excluding carboxylic acids is 1. The number of hydrogen-bond acceptors (Lipinski definition) is 3. The van der Waals surface area contributed by atoms with E-state index in [4.69, 9.17) is 15.2 Å². The van der Waals surface area contributed by atoms with E-state index in [1.54, 1.807) is 0 Å². The smallest absolute Gasteiger partial charge is 0.404 e. The summed E-state index contributed by atoms with van der Waals surface area (Å²) in [6.07, 6.45) is -0.0459. The molecule has 0 heterocycles. The zero-order chi connectivity index (χ0) is 13.2. The molecule has 1 aliphatic carbocycles. The molecule has 0 aliphatic heterocycles. The fourth-order valence-corrected chi connectivity index (χ4v) is 2.24. The van der Waals surface area contributed by atoms with Crippen molar-refractivity contribution in [3.05, 3.63) is 35.9 Å². The average Bonchev–Trinajstić information content (AvgIpc) is 2.33. The van der Waals surface area contributed by atoms with Gasteiger partial charge in [-0.1, -0.05) is 44.2 Å². The third kappa shape index (κ3) is 2.64. The van der Waals surface area contributed by atoms with Gasteiger partial charge in [-0.3, -0.25) is 0 Å². The van der Waals surface area contributed by atoms with Gasteiger partial charge >= 0.3 is 6.09 Å². The van der Waals surface area contributed by atoms with E-state index in [2.05, 4.69) is 0 Å². The lowest BCUT2D eigenvalue weighted by Crippen LogP contribution is -2.56. The maximum absolute atomic E-state index is 10.7. The molecule has 0 spiro atoms. The minimum Gasteiger partial charge on any atom is -0.446 e. The number of rotatable bonds is 4. The molecule has 2 unspecified atom stereocenters. The first-order valence-corrected chi connectivity index (χ1v) is 6.12. The van der Waals surface area contributed by atoms with Gasteiger partial charge in [-0.05, 0) is 5.56 Å². The normalized spacial score (nSPS) is 25.2. The molecule has 1 aromatic carbocycles. The second kappa shape index (κ2) is 4.98. The van der Waals surface area contributed by atoms with Gasteiger partial charge in [-0.15, -0.1) is 0 Å². The van der Waals surface area contributed by atoms with Crippen LogP contribution in [0.4, 0.5) is 4.79 Å². The summed E-state index contributed by atoms with van der Waals surface area (Å²) < 4.78 is 10.9. The molecule has 1 aliphatic rings. The van der Waals surface area contributed by atoms with Gasteiger partial charge in [-0.2, -0.15) is 0 Å². The van der Waals surface area contributed by atoms with Crippen LogP contribution < -0.4 is 5.73 Å². The molecule has 1 fully saturated rings. The van der Waals surface area contributed by atoms with Crippen LogP contribution in [0, 0.1) is 5.41 Å². The maximum atomic E-state index is 10.7. The van der Waals surface area contributed by atoms with Crippen molar-refractivity contribution in [1.29, 1.82) is 0 Å². The van der Waals surface area contributed by atoms with Crippen LogP contribution in [0.2, 0.25) is 0 Å². The molecule has 2 rings (SSSR count). The molecule has 1 saturated carbocycles. The second-order valence-corrected chi connectivity index (χ2v) is 5.27. The second-order valence-electron chi connectivity index (χ2n) is 5.27. The van der Waals surface area contributed by atoms with Crippen molar-refractivity contribution in [2.45, 2.75) is 39.1 Å². The Bertz CT molecular complexity index is 416. The zero-order valence-corrected chi connectivity index (χ0v) is 10.8. The summed E-state index contributed by atoms with van der Waals surface area (Å²) in [5, 5.41) is 0. The standard InChI is InChI=1S/C14H19NO3/c1-14(2)11(8-12(14)18-13(15)16)17-9-10-6-4-3-5-7-10/h3-7,11-12H,8-9H2,1-2H3,(H2,15,16). The number of nitrogens with two attached hydrogens (primary N) is 1. The quantitative estimate of drug-likeness (QED) is 0.891. The molecule has 0 saturated heterocycles. The third-order valence-electron chi connectivity index (χ3n) is 3.64. The van der Waals surface area contributed by atoms with E-state index < -0.39 is 6.09 Å². The largest absolute Gasteiger partial charge is 0.446 e. The van der Waals surface area contributed by atoms with Crippen molar-refractivity contribution in [3.63, 3.8) is 0 Å². The summed E-state index contributed by atoms with van der Waals surface area (Å²) in [6, 6.07) is 10.0. The minimum absolute atomic E-state index is 0.0991. The zero-order valence-electron chi connectivity index (χ0n) is 10.8. The Kier molecular flexibility index (Phi) is 3.57. The highest BCUT2D eigenvalue weighted by Crippen LogP contribution is 2.45. The van der Waals surface area contributed by atoms with Gasteiger partial charge in [0.15, 0.2) is 0 Å². The lowest BCUT2D eigenvalue weighted by molar-refractivity contribution is -0.179. The lowest BCUT2D eigenvalue weighted by atomic mass is 9.66. The fraction of sp³-hybridized carbons (Fsp3) is 0.500. The number of ether oxygens (including phenoxy) is 2. The molecule has 98 valence electrons. The average molecular weight is 249 g/mol. The summed E-state index contributed by atoms with van der Waals surface area (Å²) in [4.78, 5) is 10.7. The number of amides is 1. The van der Waals surface area contributed by atoms with Crippen molar-refractivity contribution < 1.29 is 14.3 Å². The summed E-state index contributed by atoms with van der Waals surface area (Å²) in [6.45, 7) is 4.64. The van der Waals surface area contributed by atoms with E-state index >= 15 is 0 Å². The monoisotopic (exact) mass is 249 g/mol. The minimum atomic E-state index is -0.713. The van der Waals surface area contributed by atoms with Gasteiger partial charge in [0.25, 0.3) is 0 Å². The molecule has 0 bridgehead atoms. The molecule has 1 amide bonds. The highest BCUT2D eigenvalue weighted by atomic mass is 16.6. The Balaban J connectivity index is 1.84. The van der Waals surface area contributed by atoms with Crippen LogP contribution in [0.15, 0.2) is 30.3 Å². The van der Waals surface area contributed by atoms with E-state index in [9.17, 15) is 4.79 Å². The van der Waals surface area contributed by atoms with Gasteiger partial charge < -0.3 is 15.2 Å². The summed E-state index contributed by atoms with van der Waals surface area (Å²) >= 11 is 0. The SMILES string of the molecule is CC1(C)C(OCc2ccccc2)CC1OC(N)=O. The summed E-state index contributed by atoms with van der Waals surface area (Å²) in [5.41, 5.74) is 6.00. The number of carbonyl (C=O) groups is 1. The highest BCUT2D eigenvalue weighted by Gasteiger charge is 2.51. The van der Waals surface area contributed by atoms with Crippen LogP contribution in [0.1, 0.15) is 25.8 Å². The van der Waals surface area contributed by atoms with Gasteiger partial charge in [0.2, 0.25) is 0 Å². The Labute approximate surface area is 107 Å². The van der Waals surface area contributed by atoms with Gasteiger partial charge in [0.1, 0.15) is 6.10 Å². The fourth-order valence-electron chi connectivity index (χ4n) is 2.24. The predicted molar refractivity (Wildman–Crippen MR) is 67.9 cm³/mol. The molecule has 18 heavy (non-hydrogen) atoms. The molecule has 4 heteroatoms. The van der Waals surface area contributed by atoms with Crippen LogP contribution in [0.25, 0.3) is 0 Å². The van der Waals surface area contributed by atoms with Crippen LogP contribution >= 0.6 is 0 Å². The van der Waals surface area contributed by atoms with Gasteiger partial charge in [0, 0.05) is 11.8 Å². The topological polar surface area (TPSA) is 61.6 Å². The van der Waals surface area contributed by atoms with Crippen molar-refractivity contribution in [3.8, 4) is 0 Å². The number of primary amides is 1. The van der Waals surface area contributed by atoms with Crippen LogP contribution in [0.3, 0.4) is 0 Å². The molecule has 1 aromatic rings. The van der Waals surface area contributed by atoms with E-state index in [-0.39, 0.29) is 17.6 Å². The molecule has 2 atom stereocenters. The van der Waals surface area contributed by atoms with E-state index in [0.29, 0.717) is 13.0 Å². The molecule has 0 aromatic heterocycles. The van der Waals surface area contributed by atoms with E-state index in [1.165, 1.54) is 0 Å². The molecular formula is C14H19NO3. The molecule has 4 nitrogen and oxygen atoms in total. The summed E-state index contributed by atoms with van der Waals surface area (Å²) in [7, 11) is 0. The van der Waals surface area contributed by atoms with Crippen molar-refractivity contribution >= 4 is 6.09 Å². The number of benzene rings is 1.